The van der Waals surface area contributed by atoms with Gasteiger partial charge in [0.25, 0.3) is 5.56 Å². The third-order valence-corrected chi connectivity index (χ3v) is 4.64. The van der Waals surface area contributed by atoms with Crippen LogP contribution in [0.25, 0.3) is 21.8 Å². The van der Waals surface area contributed by atoms with Crippen molar-refractivity contribution in [3.63, 3.8) is 0 Å². The third-order valence-electron chi connectivity index (χ3n) is 4.64. The maximum absolute atomic E-state index is 12.5. The highest BCUT2D eigenvalue weighted by atomic mass is 16.3. The molecule has 25 heavy (non-hydrogen) atoms. The molecule has 4 aromatic rings. The van der Waals surface area contributed by atoms with Crippen molar-refractivity contribution in [1.29, 1.82) is 0 Å². The van der Waals surface area contributed by atoms with Crippen molar-refractivity contribution >= 4 is 21.8 Å². The summed E-state index contributed by atoms with van der Waals surface area (Å²) in [6, 6.07) is 15.3. The molecule has 0 spiro atoms. The van der Waals surface area contributed by atoms with Crippen LogP contribution in [0.5, 0.6) is 5.75 Å². The van der Waals surface area contributed by atoms with Crippen LogP contribution in [-0.2, 0) is 12.8 Å². The van der Waals surface area contributed by atoms with Gasteiger partial charge in [0.2, 0.25) is 0 Å². The molecule has 0 atom stereocenters. The van der Waals surface area contributed by atoms with Gasteiger partial charge in [-0.25, -0.2) is 0 Å². The molecule has 2 heterocycles. The molecular formula is C20H19N3O2. The maximum atomic E-state index is 12.5. The van der Waals surface area contributed by atoms with E-state index in [2.05, 4.69) is 9.97 Å². The second kappa shape index (κ2) is 6.11. The number of benzene rings is 2. The highest BCUT2D eigenvalue weighted by Crippen LogP contribution is 2.29. The molecule has 0 aliphatic carbocycles. The molecule has 0 aliphatic heterocycles. The van der Waals surface area contributed by atoms with Crippen molar-refractivity contribution in [2.45, 2.75) is 12.8 Å². The van der Waals surface area contributed by atoms with Gasteiger partial charge < -0.3 is 20.8 Å². The Morgan fingerprint density at radius 1 is 0.880 bits per heavy atom. The fraction of sp³-hybridized carbons (Fsp3) is 0.150. The zero-order chi connectivity index (χ0) is 17.4. The van der Waals surface area contributed by atoms with Crippen LogP contribution in [0.15, 0.2) is 53.3 Å². The van der Waals surface area contributed by atoms with Crippen LogP contribution in [0.1, 0.15) is 16.8 Å². The number of pyridine rings is 1. The van der Waals surface area contributed by atoms with Crippen LogP contribution >= 0.6 is 0 Å². The number of aromatic hydroxyl groups is 1. The first-order valence-corrected chi connectivity index (χ1v) is 8.30. The molecule has 2 aromatic heterocycles. The number of fused-ring (bicyclic) bond motifs is 2. The van der Waals surface area contributed by atoms with Gasteiger partial charge in [-0.05, 0) is 36.7 Å². The molecule has 5 nitrogen and oxygen atoms in total. The Hall–Kier alpha value is -3.05. The van der Waals surface area contributed by atoms with Crippen LogP contribution in [-0.4, -0.2) is 21.6 Å². The number of aromatic amines is 2. The van der Waals surface area contributed by atoms with Crippen molar-refractivity contribution in [2.24, 2.45) is 5.73 Å². The van der Waals surface area contributed by atoms with Crippen molar-refractivity contribution in [2.75, 3.05) is 6.54 Å². The molecular weight excluding hydrogens is 314 g/mol. The van der Waals surface area contributed by atoms with Gasteiger partial charge in [-0.2, -0.15) is 0 Å². The zero-order valence-electron chi connectivity index (χ0n) is 13.7. The van der Waals surface area contributed by atoms with E-state index in [0.29, 0.717) is 35.9 Å². The standard InChI is InChI=1S/C20H19N3O2/c21-10-9-13-12-5-1-3-7-16(12)22-18(13)11-15-19(24)14-6-2-4-8-17(14)23-20(15)25/h1-8,22H,9-11,21H2,(H2,23,24,25). The van der Waals surface area contributed by atoms with Crippen molar-refractivity contribution in [3.05, 3.63) is 75.7 Å². The summed E-state index contributed by atoms with van der Waals surface area (Å²) < 4.78 is 0. The lowest BCUT2D eigenvalue weighted by molar-refractivity contribution is 0.474. The summed E-state index contributed by atoms with van der Waals surface area (Å²) in [6.07, 6.45) is 1.04. The van der Waals surface area contributed by atoms with Crippen LogP contribution in [0, 0.1) is 0 Å². The predicted molar refractivity (Wildman–Crippen MR) is 100 cm³/mol. The summed E-state index contributed by atoms with van der Waals surface area (Å²) in [4.78, 5) is 18.7. The van der Waals surface area contributed by atoms with Crippen LogP contribution in [0.2, 0.25) is 0 Å². The van der Waals surface area contributed by atoms with E-state index in [1.807, 2.05) is 36.4 Å². The first-order valence-electron chi connectivity index (χ1n) is 8.30. The average Bonchev–Trinajstić information content (AvgIpc) is 2.97. The van der Waals surface area contributed by atoms with Crippen molar-refractivity contribution in [1.82, 2.24) is 9.97 Å². The Balaban J connectivity index is 1.88. The highest BCUT2D eigenvalue weighted by Gasteiger charge is 2.17. The molecule has 5 heteroatoms. The molecule has 0 saturated carbocycles. The van der Waals surface area contributed by atoms with E-state index in [9.17, 15) is 9.90 Å². The molecule has 2 aromatic carbocycles. The summed E-state index contributed by atoms with van der Waals surface area (Å²) in [5, 5.41) is 12.4. The van der Waals surface area contributed by atoms with Gasteiger partial charge in [0.15, 0.2) is 0 Å². The number of H-pyrrole nitrogens is 2. The van der Waals surface area contributed by atoms with E-state index in [1.54, 1.807) is 12.1 Å². The molecule has 0 aliphatic rings. The Morgan fingerprint density at radius 2 is 1.52 bits per heavy atom. The number of rotatable bonds is 4. The minimum absolute atomic E-state index is 0.0386. The van der Waals surface area contributed by atoms with E-state index in [0.717, 1.165) is 22.2 Å². The van der Waals surface area contributed by atoms with Gasteiger partial charge >= 0.3 is 0 Å². The van der Waals surface area contributed by atoms with Crippen LogP contribution < -0.4 is 11.3 Å². The molecule has 0 fully saturated rings. The van der Waals surface area contributed by atoms with Crippen LogP contribution in [0.3, 0.4) is 0 Å². The Labute approximate surface area is 144 Å². The van der Waals surface area contributed by atoms with E-state index in [1.165, 1.54) is 0 Å². The number of hydrogen-bond acceptors (Lipinski definition) is 3. The maximum Gasteiger partial charge on any atom is 0.255 e. The van der Waals surface area contributed by atoms with Crippen molar-refractivity contribution in [3.8, 4) is 5.75 Å². The first kappa shape index (κ1) is 15.5. The summed E-state index contributed by atoms with van der Waals surface area (Å²) in [5.74, 6) is 0.0386. The summed E-state index contributed by atoms with van der Waals surface area (Å²) in [6.45, 7) is 0.523. The van der Waals surface area contributed by atoms with Crippen molar-refractivity contribution < 1.29 is 5.11 Å². The third kappa shape index (κ3) is 2.58. The number of hydrogen-bond donors (Lipinski definition) is 4. The van der Waals surface area contributed by atoms with Gasteiger partial charge in [0.1, 0.15) is 5.75 Å². The topological polar surface area (TPSA) is 94.9 Å². The molecule has 0 saturated heterocycles. The van der Waals surface area contributed by atoms with Gasteiger partial charge in [0.05, 0.1) is 11.1 Å². The Morgan fingerprint density at radius 3 is 2.24 bits per heavy atom. The summed E-state index contributed by atoms with van der Waals surface area (Å²) in [7, 11) is 0. The molecule has 4 rings (SSSR count). The Bertz CT molecular complexity index is 1120. The van der Waals surface area contributed by atoms with E-state index < -0.39 is 0 Å². The zero-order valence-corrected chi connectivity index (χ0v) is 13.7. The monoisotopic (exact) mass is 333 g/mol. The van der Waals surface area contributed by atoms with E-state index >= 15 is 0 Å². The lowest BCUT2D eigenvalue weighted by atomic mass is 10.0. The smallest absolute Gasteiger partial charge is 0.255 e. The second-order valence-electron chi connectivity index (χ2n) is 6.17. The number of para-hydroxylation sites is 2. The fourth-order valence-corrected chi connectivity index (χ4v) is 3.44. The summed E-state index contributed by atoms with van der Waals surface area (Å²) in [5.41, 5.74) is 9.54. The first-order chi connectivity index (χ1) is 12.2. The fourth-order valence-electron chi connectivity index (χ4n) is 3.44. The van der Waals surface area contributed by atoms with E-state index in [-0.39, 0.29) is 11.3 Å². The predicted octanol–water partition coefficient (Wildman–Crippen LogP) is 2.81. The molecule has 126 valence electrons. The van der Waals surface area contributed by atoms with Gasteiger partial charge in [-0.1, -0.05) is 30.3 Å². The lowest BCUT2D eigenvalue weighted by Gasteiger charge is -2.08. The average molecular weight is 333 g/mol. The van der Waals surface area contributed by atoms with Gasteiger partial charge in [-0.3, -0.25) is 4.79 Å². The molecule has 0 unspecified atom stereocenters. The minimum Gasteiger partial charge on any atom is -0.507 e. The molecule has 0 bridgehead atoms. The molecule has 0 amide bonds. The number of aromatic nitrogens is 2. The van der Waals surface area contributed by atoms with Crippen LogP contribution in [0.4, 0.5) is 0 Å². The highest BCUT2D eigenvalue weighted by molar-refractivity contribution is 5.87. The quantitative estimate of drug-likeness (QED) is 0.462. The largest absolute Gasteiger partial charge is 0.507 e. The minimum atomic E-state index is -0.270. The molecule has 5 N–H and O–H groups in total. The Kier molecular flexibility index (Phi) is 3.78. The number of nitrogens with one attached hydrogen (secondary N) is 2. The second-order valence-corrected chi connectivity index (χ2v) is 6.17. The number of nitrogens with two attached hydrogens (primary N) is 1. The van der Waals surface area contributed by atoms with Gasteiger partial charge in [-0.15, -0.1) is 0 Å². The SMILES string of the molecule is NCCc1c(Cc2c(O)c3ccccc3[nH]c2=O)[nH]c2ccccc12. The summed E-state index contributed by atoms with van der Waals surface area (Å²) >= 11 is 0. The normalized spacial score (nSPS) is 11.4. The lowest BCUT2D eigenvalue weighted by Crippen LogP contribution is -2.14. The molecule has 0 radical (unpaired) electrons. The van der Waals surface area contributed by atoms with Gasteiger partial charge in [0, 0.05) is 28.4 Å². The van der Waals surface area contributed by atoms with E-state index in [4.69, 9.17) is 5.73 Å².